The van der Waals surface area contributed by atoms with Crippen LogP contribution in [0.1, 0.15) is 17.3 Å². The molecule has 3 aromatic rings. The van der Waals surface area contributed by atoms with E-state index < -0.39 is 16.1 Å². The third kappa shape index (κ3) is 3.25. The van der Waals surface area contributed by atoms with Gasteiger partial charge in [-0.25, -0.2) is 8.42 Å². The number of hydrogen-bond donors (Lipinski definition) is 0. The van der Waals surface area contributed by atoms with Gasteiger partial charge < -0.3 is 9.30 Å². The largest absolute Gasteiger partial charge is 0.497 e. The van der Waals surface area contributed by atoms with Crippen molar-refractivity contribution in [1.82, 2.24) is 8.87 Å². The molecule has 0 radical (unpaired) electrons. The van der Waals surface area contributed by atoms with Crippen molar-refractivity contribution in [3.8, 4) is 5.75 Å². The first-order valence-electron chi connectivity index (χ1n) is 8.57. The van der Waals surface area contributed by atoms with Crippen LogP contribution in [-0.4, -0.2) is 30.9 Å². The van der Waals surface area contributed by atoms with E-state index in [9.17, 15) is 8.42 Å². The molecular formula is C20H19ClN2O3S. The van der Waals surface area contributed by atoms with Crippen LogP contribution in [0.25, 0.3) is 0 Å². The SMILES string of the molecule is COc1ccc(C2c3cccn3CCN2S(=O)(=O)c2cccc(Cl)c2)cc1. The lowest BCUT2D eigenvalue weighted by Crippen LogP contribution is -2.42. The number of aromatic nitrogens is 1. The molecule has 2 heterocycles. The molecule has 1 aliphatic rings. The zero-order valence-corrected chi connectivity index (χ0v) is 16.3. The van der Waals surface area contributed by atoms with E-state index >= 15 is 0 Å². The molecule has 0 amide bonds. The maximum atomic E-state index is 13.4. The van der Waals surface area contributed by atoms with E-state index in [-0.39, 0.29) is 4.90 Å². The summed E-state index contributed by atoms with van der Waals surface area (Å²) >= 11 is 6.04. The predicted octanol–water partition coefficient (Wildman–Crippen LogP) is 3.94. The standard InChI is InChI=1S/C20H19ClN2O3S/c1-26-17-9-7-15(8-10-17)20-19-6-3-11-22(19)12-13-23(20)27(24,25)18-5-2-4-16(21)14-18/h2-11,14,20H,12-13H2,1H3. The lowest BCUT2D eigenvalue weighted by molar-refractivity contribution is 0.298. The van der Waals surface area contributed by atoms with Crippen molar-refractivity contribution in [3.63, 3.8) is 0 Å². The zero-order chi connectivity index (χ0) is 19.0. The quantitative estimate of drug-likeness (QED) is 0.664. The Morgan fingerprint density at radius 3 is 2.52 bits per heavy atom. The van der Waals surface area contributed by atoms with Crippen molar-refractivity contribution in [2.45, 2.75) is 17.5 Å². The highest BCUT2D eigenvalue weighted by atomic mass is 35.5. The molecule has 0 saturated carbocycles. The molecular weight excluding hydrogens is 384 g/mol. The third-order valence-corrected chi connectivity index (χ3v) is 6.92. The summed E-state index contributed by atoms with van der Waals surface area (Å²) in [6.45, 7) is 0.988. The molecule has 140 valence electrons. The van der Waals surface area contributed by atoms with Crippen molar-refractivity contribution < 1.29 is 13.2 Å². The predicted molar refractivity (Wildman–Crippen MR) is 105 cm³/mol. The molecule has 0 N–H and O–H groups in total. The van der Waals surface area contributed by atoms with Gasteiger partial charge in [0.15, 0.2) is 0 Å². The number of nitrogens with zero attached hydrogens (tertiary/aromatic N) is 2. The monoisotopic (exact) mass is 402 g/mol. The van der Waals surface area contributed by atoms with Gasteiger partial charge in [-0.05, 0) is 48.0 Å². The smallest absolute Gasteiger partial charge is 0.244 e. The molecule has 2 aromatic carbocycles. The van der Waals surface area contributed by atoms with Crippen LogP contribution in [0.15, 0.2) is 71.8 Å². The van der Waals surface area contributed by atoms with E-state index in [2.05, 4.69) is 4.57 Å². The van der Waals surface area contributed by atoms with Gasteiger partial charge in [-0.2, -0.15) is 4.31 Å². The molecule has 4 rings (SSSR count). The molecule has 1 aliphatic heterocycles. The maximum absolute atomic E-state index is 13.4. The van der Waals surface area contributed by atoms with Crippen LogP contribution in [0.2, 0.25) is 5.02 Å². The molecule has 5 nitrogen and oxygen atoms in total. The fraction of sp³-hybridized carbons (Fsp3) is 0.200. The Hall–Kier alpha value is -2.28. The lowest BCUT2D eigenvalue weighted by atomic mass is 10.0. The van der Waals surface area contributed by atoms with Crippen LogP contribution < -0.4 is 4.74 Å². The van der Waals surface area contributed by atoms with Crippen LogP contribution in [0.5, 0.6) is 5.75 Å². The fourth-order valence-corrected chi connectivity index (χ4v) is 5.39. The Bertz CT molecular complexity index is 1060. The summed E-state index contributed by atoms with van der Waals surface area (Å²) in [6.07, 6.45) is 1.98. The molecule has 0 fully saturated rings. The second kappa shape index (κ2) is 7.03. The topological polar surface area (TPSA) is 51.5 Å². The lowest BCUT2D eigenvalue weighted by Gasteiger charge is -2.36. The van der Waals surface area contributed by atoms with Gasteiger partial charge in [-0.3, -0.25) is 0 Å². The molecule has 0 spiro atoms. The number of hydrogen-bond acceptors (Lipinski definition) is 3. The van der Waals surface area contributed by atoms with E-state index in [0.29, 0.717) is 18.1 Å². The van der Waals surface area contributed by atoms with E-state index in [0.717, 1.165) is 17.0 Å². The summed E-state index contributed by atoms with van der Waals surface area (Å²) in [7, 11) is -2.11. The first-order valence-corrected chi connectivity index (χ1v) is 10.4. The summed E-state index contributed by atoms with van der Waals surface area (Å²) in [5.41, 5.74) is 1.83. The van der Waals surface area contributed by atoms with Gasteiger partial charge in [0, 0.05) is 30.0 Å². The van der Waals surface area contributed by atoms with Gasteiger partial charge in [-0.15, -0.1) is 0 Å². The Labute approximate surface area is 163 Å². The van der Waals surface area contributed by atoms with Crippen LogP contribution in [-0.2, 0) is 16.6 Å². The number of rotatable bonds is 4. The Balaban J connectivity index is 1.83. The Morgan fingerprint density at radius 2 is 1.81 bits per heavy atom. The van der Waals surface area contributed by atoms with Gasteiger partial charge in [-0.1, -0.05) is 29.8 Å². The van der Waals surface area contributed by atoms with Gasteiger partial charge in [0.2, 0.25) is 10.0 Å². The molecule has 1 unspecified atom stereocenters. The molecule has 0 aliphatic carbocycles. The second-order valence-electron chi connectivity index (χ2n) is 6.38. The summed E-state index contributed by atoms with van der Waals surface area (Å²) in [5, 5.41) is 0.400. The highest BCUT2D eigenvalue weighted by Gasteiger charge is 2.37. The number of methoxy groups -OCH3 is 1. The van der Waals surface area contributed by atoms with Crippen LogP contribution in [0.3, 0.4) is 0 Å². The molecule has 0 saturated heterocycles. The van der Waals surface area contributed by atoms with Crippen LogP contribution in [0, 0.1) is 0 Å². The Morgan fingerprint density at radius 1 is 1.04 bits per heavy atom. The molecule has 1 atom stereocenters. The minimum absolute atomic E-state index is 0.202. The van der Waals surface area contributed by atoms with Crippen LogP contribution >= 0.6 is 11.6 Å². The second-order valence-corrected chi connectivity index (χ2v) is 8.70. The summed E-state index contributed by atoms with van der Waals surface area (Å²) in [6, 6.07) is 17.4. The fourth-order valence-electron chi connectivity index (χ4n) is 3.51. The minimum Gasteiger partial charge on any atom is -0.497 e. The zero-order valence-electron chi connectivity index (χ0n) is 14.7. The summed E-state index contributed by atoms with van der Waals surface area (Å²) in [5.74, 6) is 0.731. The number of sulfonamides is 1. The van der Waals surface area contributed by atoms with Crippen molar-refractivity contribution >= 4 is 21.6 Å². The van der Waals surface area contributed by atoms with Crippen LogP contribution in [0.4, 0.5) is 0 Å². The number of benzene rings is 2. The Kier molecular flexibility index (Phi) is 4.72. The first-order chi connectivity index (χ1) is 13.0. The van der Waals surface area contributed by atoms with Gasteiger partial charge >= 0.3 is 0 Å². The van der Waals surface area contributed by atoms with Crippen molar-refractivity contribution in [3.05, 3.63) is 83.1 Å². The van der Waals surface area contributed by atoms with Gasteiger partial charge in [0.25, 0.3) is 0 Å². The van der Waals surface area contributed by atoms with E-state index in [1.165, 1.54) is 6.07 Å². The van der Waals surface area contributed by atoms with Crippen molar-refractivity contribution in [1.29, 1.82) is 0 Å². The third-order valence-electron chi connectivity index (χ3n) is 4.83. The molecule has 0 bridgehead atoms. The maximum Gasteiger partial charge on any atom is 0.244 e. The first kappa shape index (κ1) is 18.1. The number of fused-ring (bicyclic) bond motifs is 1. The van der Waals surface area contributed by atoms with E-state index in [1.54, 1.807) is 29.6 Å². The van der Waals surface area contributed by atoms with E-state index in [1.807, 2.05) is 42.6 Å². The van der Waals surface area contributed by atoms with E-state index in [4.69, 9.17) is 16.3 Å². The summed E-state index contributed by atoms with van der Waals surface area (Å²) < 4.78 is 35.7. The number of ether oxygens (including phenoxy) is 1. The highest BCUT2D eigenvalue weighted by molar-refractivity contribution is 7.89. The number of halogens is 1. The summed E-state index contributed by atoms with van der Waals surface area (Å²) in [4.78, 5) is 0.202. The average Bonchev–Trinajstić information content (AvgIpc) is 3.16. The average molecular weight is 403 g/mol. The van der Waals surface area contributed by atoms with Gasteiger partial charge in [0.1, 0.15) is 5.75 Å². The highest BCUT2D eigenvalue weighted by Crippen LogP contribution is 2.37. The molecule has 27 heavy (non-hydrogen) atoms. The van der Waals surface area contributed by atoms with Crippen molar-refractivity contribution in [2.24, 2.45) is 0 Å². The molecule has 7 heteroatoms. The minimum atomic E-state index is -3.71. The van der Waals surface area contributed by atoms with Crippen molar-refractivity contribution in [2.75, 3.05) is 13.7 Å². The van der Waals surface area contributed by atoms with Gasteiger partial charge in [0.05, 0.1) is 18.0 Å². The molecule has 1 aromatic heterocycles. The normalized spacial score (nSPS) is 17.5.